The van der Waals surface area contributed by atoms with Gasteiger partial charge in [0.25, 0.3) is 5.92 Å². The van der Waals surface area contributed by atoms with Gasteiger partial charge >= 0.3 is 5.97 Å². The summed E-state index contributed by atoms with van der Waals surface area (Å²) in [5, 5.41) is 20.4. The number of hydrogen-bond donors (Lipinski definition) is 2. The predicted octanol–water partition coefficient (Wildman–Crippen LogP) is 5.45. The second kappa shape index (κ2) is 7.95. The van der Waals surface area contributed by atoms with Crippen molar-refractivity contribution in [3.63, 3.8) is 0 Å². The van der Waals surface area contributed by atoms with Crippen molar-refractivity contribution in [1.29, 1.82) is 0 Å². The number of hydrogen-bond acceptors (Lipinski definition) is 2. The number of aliphatic carboxylic acids is 1. The van der Waals surface area contributed by atoms with E-state index in [0.29, 0.717) is 16.1 Å². The van der Waals surface area contributed by atoms with Crippen LogP contribution in [0.15, 0.2) is 48.5 Å². The second-order valence-electron chi connectivity index (χ2n) is 7.67. The first-order valence-corrected chi connectivity index (χ1v) is 8.95. The smallest absolute Gasteiger partial charge is 0.309 e. The van der Waals surface area contributed by atoms with Gasteiger partial charge < -0.3 is 10.2 Å². The lowest BCUT2D eigenvalue weighted by Crippen LogP contribution is -2.31. The van der Waals surface area contributed by atoms with Crippen molar-refractivity contribution in [3.8, 4) is 0 Å². The van der Waals surface area contributed by atoms with Gasteiger partial charge in [0.2, 0.25) is 0 Å². The quantitative estimate of drug-likeness (QED) is 0.682. The average molecular weight is 397 g/mol. The number of carboxylic acid groups (broad SMARTS) is 1. The lowest BCUT2D eigenvalue weighted by Gasteiger charge is -2.30. The van der Waals surface area contributed by atoms with E-state index in [2.05, 4.69) is 0 Å². The van der Waals surface area contributed by atoms with Gasteiger partial charge in [-0.15, -0.1) is 0 Å². The Morgan fingerprint density at radius 2 is 1.70 bits per heavy atom. The first kappa shape index (κ1) is 21.3. The van der Waals surface area contributed by atoms with Crippen LogP contribution in [0.4, 0.5) is 8.78 Å². The summed E-state index contributed by atoms with van der Waals surface area (Å²) in [6.45, 7) is 4.38. The molecule has 2 unspecified atom stereocenters. The number of carbonyl (C=O) groups is 1. The highest BCUT2D eigenvalue weighted by Crippen LogP contribution is 2.44. The maximum Gasteiger partial charge on any atom is 0.309 e. The van der Waals surface area contributed by atoms with Crippen molar-refractivity contribution in [3.05, 3.63) is 70.2 Å². The van der Waals surface area contributed by atoms with Crippen molar-refractivity contribution in [1.82, 2.24) is 0 Å². The van der Waals surface area contributed by atoms with Crippen molar-refractivity contribution in [2.45, 2.75) is 39.2 Å². The molecule has 0 bridgehead atoms. The molecule has 0 amide bonds. The van der Waals surface area contributed by atoms with E-state index in [9.17, 15) is 23.8 Å². The van der Waals surface area contributed by atoms with Crippen LogP contribution in [0.2, 0.25) is 5.02 Å². The molecule has 0 heterocycles. The lowest BCUT2D eigenvalue weighted by atomic mass is 9.83. The summed E-state index contributed by atoms with van der Waals surface area (Å²) in [6.07, 6.45) is -1.26. The summed E-state index contributed by atoms with van der Waals surface area (Å²) in [6, 6.07) is 11.9. The Kier molecular flexibility index (Phi) is 6.28. The number of aliphatic hydroxyl groups is 1. The Labute approximate surface area is 162 Å². The van der Waals surface area contributed by atoms with Gasteiger partial charge in [-0.2, -0.15) is 0 Å². The molecule has 0 radical (unpaired) electrons. The van der Waals surface area contributed by atoms with Crippen LogP contribution >= 0.6 is 11.6 Å². The van der Waals surface area contributed by atoms with Gasteiger partial charge in [-0.25, -0.2) is 8.78 Å². The van der Waals surface area contributed by atoms with Crippen LogP contribution in [-0.2, 0) is 17.1 Å². The maximum absolute atomic E-state index is 14.4. The molecule has 0 aromatic heterocycles. The monoisotopic (exact) mass is 396 g/mol. The van der Waals surface area contributed by atoms with Gasteiger partial charge in [-0.3, -0.25) is 4.79 Å². The van der Waals surface area contributed by atoms with Gasteiger partial charge in [0.05, 0.1) is 12.0 Å². The Balaban J connectivity index is 2.23. The molecule has 0 aliphatic rings. The fourth-order valence-corrected chi connectivity index (χ4v) is 2.99. The molecule has 0 fully saturated rings. The molecule has 2 atom stereocenters. The summed E-state index contributed by atoms with van der Waals surface area (Å²) in [4.78, 5) is 11.6. The Bertz CT molecular complexity index is 798. The molecule has 2 rings (SSSR count). The van der Waals surface area contributed by atoms with Gasteiger partial charge in [0.1, 0.15) is 0 Å². The normalized spacial score (nSPS) is 14.6. The minimum absolute atomic E-state index is 0.00435. The SMILES string of the molecule is CC(C)(C)C(F)(F)c1ccc(CC(C(=O)O)C(O)c2cccc(Cl)c2)cc1. The summed E-state index contributed by atoms with van der Waals surface area (Å²) in [5.74, 6) is -5.32. The summed E-state index contributed by atoms with van der Waals surface area (Å²) >= 11 is 5.90. The topological polar surface area (TPSA) is 57.5 Å². The van der Waals surface area contributed by atoms with Gasteiger partial charge in [0.15, 0.2) is 0 Å². The highest BCUT2D eigenvalue weighted by molar-refractivity contribution is 6.30. The molecule has 2 N–H and O–H groups in total. The number of aliphatic hydroxyl groups excluding tert-OH is 1. The molecular weight excluding hydrogens is 374 g/mol. The van der Waals surface area contributed by atoms with E-state index in [1.807, 2.05) is 0 Å². The van der Waals surface area contributed by atoms with E-state index in [1.54, 1.807) is 18.2 Å². The molecule has 6 heteroatoms. The molecule has 0 saturated heterocycles. The standard InChI is InChI=1S/C21H23ClF2O3/c1-20(2,3)21(23,24)15-9-7-13(8-10-15)11-17(19(26)27)18(25)14-5-4-6-16(22)12-14/h4-10,12,17-18,25H,11H2,1-3H3,(H,26,27). The van der Waals surface area contributed by atoms with Crippen LogP contribution in [-0.4, -0.2) is 16.2 Å². The Morgan fingerprint density at radius 3 is 2.19 bits per heavy atom. The van der Waals surface area contributed by atoms with E-state index in [-0.39, 0.29) is 12.0 Å². The highest BCUT2D eigenvalue weighted by Gasteiger charge is 2.44. The molecule has 2 aromatic carbocycles. The number of carboxylic acids is 1. The van der Waals surface area contributed by atoms with Crippen LogP contribution in [0, 0.1) is 11.3 Å². The van der Waals surface area contributed by atoms with Gasteiger partial charge in [0, 0.05) is 16.0 Å². The fraction of sp³-hybridized carbons (Fsp3) is 0.381. The van der Waals surface area contributed by atoms with E-state index in [0.717, 1.165) is 0 Å². The molecule has 3 nitrogen and oxygen atoms in total. The fourth-order valence-electron chi connectivity index (χ4n) is 2.79. The van der Waals surface area contributed by atoms with Crippen LogP contribution < -0.4 is 0 Å². The molecule has 27 heavy (non-hydrogen) atoms. The predicted molar refractivity (Wildman–Crippen MR) is 101 cm³/mol. The average Bonchev–Trinajstić information content (AvgIpc) is 2.58. The zero-order valence-electron chi connectivity index (χ0n) is 15.4. The number of alkyl halides is 2. The van der Waals surface area contributed by atoms with E-state index in [1.165, 1.54) is 51.1 Å². The lowest BCUT2D eigenvalue weighted by molar-refractivity contribution is -0.145. The summed E-state index contributed by atoms with van der Waals surface area (Å²) in [7, 11) is 0. The maximum atomic E-state index is 14.4. The largest absolute Gasteiger partial charge is 0.481 e. The molecule has 0 aliphatic heterocycles. The second-order valence-corrected chi connectivity index (χ2v) is 8.11. The third-order valence-corrected chi connectivity index (χ3v) is 4.84. The first-order valence-electron chi connectivity index (χ1n) is 8.57. The number of rotatable bonds is 6. The minimum atomic E-state index is -3.02. The number of halogens is 3. The number of benzene rings is 2. The first-order chi connectivity index (χ1) is 12.4. The third kappa shape index (κ3) is 4.85. The molecule has 146 valence electrons. The van der Waals surface area contributed by atoms with Crippen LogP contribution in [0.3, 0.4) is 0 Å². The summed E-state index contributed by atoms with van der Waals surface area (Å²) < 4.78 is 28.9. The van der Waals surface area contributed by atoms with Crippen LogP contribution in [0.1, 0.15) is 43.6 Å². The zero-order chi connectivity index (χ0) is 20.4. The Hall–Kier alpha value is -1.98. The molecule has 0 spiro atoms. The van der Waals surface area contributed by atoms with Crippen molar-refractivity contribution in [2.75, 3.05) is 0 Å². The van der Waals surface area contributed by atoms with Crippen molar-refractivity contribution in [2.24, 2.45) is 11.3 Å². The van der Waals surface area contributed by atoms with Crippen LogP contribution in [0.5, 0.6) is 0 Å². The summed E-state index contributed by atoms with van der Waals surface area (Å²) in [5.41, 5.74) is -0.412. The molecular formula is C21H23ClF2O3. The molecule has 2 aromatic rings. The van der Waals surface area contributed by atoms with Crippen molar-refractivity contribution >= 4 is 17.6 Å². The minimum Gasteiger partial charge on any atom is -0.481 e. The molecule has 0 aliphatic carbocycles. The zero-order valence-corrected chi connectivity index (χ0v) is 16.2. The molecule has 0 saturated carbocycles. The Morgan fingerprint density at radius 1 is 1.11 bits per heavy atom. The highest BCUT2D eigenvalue weighted by atomic mass is 35.5. The van der Waals surface area contributed by atoms with Crippen molar-refractivity contribution < 1.29 is 23.8 Å². The van der Waals surface area contributed by atoms with Gasteiger partial charge in [-0.05, 0) is 29.7 Å². The van der Waals surface area contributed by atoms with Crippen LogP contribution in [0.25, 0.3) is 0 Å². The van der Waals surface area contributed by atoms with Gasteiger partial charge in [-0.1, -0.05) is 68.8 Å². The van der Waals surface area contributed by atoms with E-state index in [4.69, 9.17) is 11.6 Å². The van der Waals surface area contributed by atoms with E-state index < -0.39 is 29.3 Å². The third-order valence-electron chi connectivity index (χ3n) is 4.60. The van der Waals surface area contributed by atoms with E-state index >= 15 is 0 Å².